The lowest BCUT2D eigenvalue weighted by Crippen LogP contribution is -2.63. The summed E-state index contributed by atoms with van der Waals surface area (Å²) in [5.41, 5.74) is 6.90. The quantitative estimate of drug-likeness (QED) is 0.529. The Morgan fingerprint density at radius 3 is 1.18 bits per heavy atom. The molecule has 0 rings (SSSR count). The molecule has 0 spiro atoms. The molecule has 0 bridgehead atoms. The summed E-state index contributed by atoms with van der Waals surface area (Å²) in [6, 6.07) is 0. The monoisotopic (exact) mass is 248 g/mol. The lowest BCUT2D eigenvalue weighted by atomic mass is 9.83. The van der Waals surface area contributed by atoms with Gasteiger partial charge in [-0.1, -0.05) is 0 Å². The first-order chi connectivity index (χ1) is 7.33. The zero-order valence-electron chi connectivity index (χ0n) is 11.9. The van der Waals surface area contributed by atoms with Gasteiger partial charge in [0.15, 0.2) is 0 Å². The zero-order valence-corrected chi connectivity index (χ0v) is 11.9. The van der Waals surface area contributed by atoms with Crippen molar-refractivity contribution in [2.24, 2.45) is 11.5 Å². The van der Waals surface area contributed by atoms with Crippen LogP contribution in [0.25, 0.3) is 0 Å². The second kappa shape index (κ2) is 4.82. The smallest absolute Gasteiger partial charge is 0.102 e. The number of hydrogen-bond donors (Lipinski definition) is 4. The van der Waals surface area contributed by atoms with E-state index in [2.05, 4.69) is 0 Å². The second-order valence-electron chi connectivity index (χ2n) is 6.08. The molecule has 2 unspecified atom stereocenters. The minimum Gasteiger partial charge on any atom is -0.386 e. The summed E-state index contributed by atoms with van der Waals surface area (Å²) in [7, 11) is 0. The molecule has 0 aliphatic rings. The molecule has 104 valence electrons. The molecule has 0 aliphatic heterocycles. The minimum absolute atomic E-state index is 0.0703. The Balaban J connectivity index is 5.07. The molecule has 2 atom stereocenters. The first-order valence-electron chi connectivity index (χ1n) is 5.88. The number of hydrogen-bond acceptors (Lipinski definition) is 5. The largest absolute Gasteiger partial charge is 0.386 e. The van der Waals surface area contributed by atoms with Crippen LogP contribution in [0.2, 0.25) is 0 Å². The van der Waals surface area contributed by atoms with Gasteiger partial charge in [-0.15, -0.1) is 0 Å². The van der Waals surface area contributed by atoms with E-state index < -0.39 is 22.4 Å². The van der Waals surface area contributed by atoms with Gasteiger partial charge in [-0.2, -0.15) is 0 Å². The fraction of sp³-hybridized carbons (Fsp3) is 1.00. The van der Waals surface area contributed by atoms with Crippen LogP contribution >= 0.6 is 0 Å². The van der Waals surface area contributed by atoms with Crippen LogP contribution in [0.1, 0.15) is 41.5 Å². The van der Waals surface area contributed by atoms with Gasteiger partial charge in [0, 0.05) is 13.1 Å². The summed E-state index contributed by atoms with van der Waals surface area (Å²) >= 11 is 0. The highest BCUT2D eigenvalue weighted by atomic mass is 16.6. The summed E-state index contributed by atoms with van der Waals surface area (Å²) < 4.78 is 5.88. The van der Waals surface area contributed by atoms with E-state index in [1.165, 1.54) is 0 Å². The van der Waals surface area contributed by atoms with Crippen LogP contribution in [0, 0.1) is 0 Å². The Morgan fingerprint density at radius 2 is 1.00 bits per heavy atom. The van der Waals surface area contributed by atoms with Crippen molar-refractivity contribution in [3.8, 4) is 0 Å². The first kappa shape index (κ1) is 16.8. The SMILES string of the molecule is CC(O)(CN)C(C)(C)OC(C)(C)C(C)(O)CN. The standard InChI is InChI=1S/C12H28N2O3/c1-9(2,11(5,15)7-13)17-10(3,4)12(6,16)8-14/h15-16H,7-8,13-14H2,1-6H3. The van der Waals surface area contributed by atoms with Crippen LogP contribution in [0.4, 0.5) is 0 Å². The van der Waals surface area contributed by atoms with Gasteiger partial charge < -0.3 is 26.4 Å². The Hall–Kier alpha value is -0.200. The van der Waals surface area contributed by atoms with Gasteiger partial charge in [0.2, 0.25) is 0 Å². The van der Waals surface area contributed by atoms with Gasteiger partial charge in [0.05, 0.1) is 11.2 Å². The van der Waals surface area contributed by atoms with Crippen LogP contribution in [0.3, 0.4) is 0 Å². The van der Waals surface area contributed by atoms with E-state index >= 15 is 0 Å². The van der Waals surface area contributed by atoms with E-state index in [4.69, 9.17) is 16.2 Å². The van der Waals surface area contributed by atoms with Crippen LogP contribution < -0.4 is 11.5 Å². The number of rotatable bonds is 6. The van der Waals surface area contributed by atoms with Crippen molar-refractivity contribution in [3.05, 3.63) is 0 Å². The van der Waals surface area contributed by atoms with Crippen molar-refractivity contribution in [3.63, 3.8) is 0 Å². The highest BCUT2D eigenvalue weighted by Crippen LogP contribution is 2.35. The lowest BCUT2D eigenvalue weighted by molar-refractivity contribution is -0.252. The van der Waals surface area contributed by atoms with Crippen molar-refractivity contribution in [2.45, 2.75) is 63.9 Å². The summed E-state index contributed by atoms with van der Waals surface area (Å²) in [6.45, 7) is 10.3. The van der Waals surface area contributed by atoms with E-state index in [0.29, 0.717) is 0 Å². The van der Waals surface area contributed by atoms with Crippen LogP contribution in [0.5, 0.6) is 0 Å². The number of aliphatic hydroxyl groups is 2. The van der Waals surface area contributed by atoms with Gasteiger partial charge in [-0.25, -0.2) is 0 Å². The molecule has 0 amide bonds. The van der Waals surface area contributed by atoms with Crippen LogP contribution in [-0.4, -0.2) is 45.7 Å². The van der Waals surface area contributed by atoms with E-state index in [-0.39, 0.29) is 13.1 Å². The van der Waals surface area contributed by atoms with Crippen molar-refractivity contribution in [2.75, 3.05) is 13.1 Å². The Labute approximate surface area is 104 Å². The molecule has 17 heavy (non-hydrogen) atoms. The Kier molecular flexibility index (Phi) is 4.76. The molecular weight excluding hydrogens is 220 g/mol. The molecule has 0 aromatic carbocycles. The summed E-state index contributed by atoms with van der Waals surface area (Å²) in [4.78, 5) is 0. The zero-order chi connectivity index (χ0) is 14.1. The van der Waals surface area contributed by atoms with Crippen molar-refractivity contribution in [1.29, 1.82) is 0 Å². The number of nitrogens with two attached hydrogens (primary N) is 2. The van der Waals surface area contributed by atoms with Crippen molar-refractivity contribution >= 4 is 0 Å². The Bertz CT molecular complexity index is 234. The highest BCUT2D eigenvalue weighted by Gasteiger charge is 2.48. The van der Waals surface area contributed by atoms with E-state index in [1.807, 2.05) is 0 Å². The fourth-order valence-corrected chi connectivity index (χ4v) is 1.35. The van der Waals surface area contributed by atoms with Crippen molar-refractivity contribution in [1.82, 2.24) is 0 Å². The maximum atomic E-state index is 10.2. The third kappa shape index (κ3) is 3.39. The molecule has 0 aromatic heterocycles. The third-order valence-corrected chi connectivity index (χ3v) is 3.90. The first-order valence-corrected chi connectivity index (χ1v) is 5.88. The normalized spacial score (nSPS) is 20.8. The van der Waals surface area contributed by atoms with Gasteiger partial charge in [0.1, 0.15) is 11.2 Å². The molecule has 0 saturated carbocycles. The van der Waals surface area contributed by atoms with E-state index in [1.54, 1.807) is 41.5 Å². The predicted molar refractivity (Wildman–Crippen MR) is 68.6 cm³/mol. The fourth-order valence-electron chi connectivity index (χ4n) is 1.35. The molecule has 0 radical (unpaired) electrons. The van der Waals surface area contributed by atoms with E-state index in [9.17, 15) is 10.2 Å². The minimum atomic E-state index is -1.19. The second-order valence-corrected chi connectivity index (χ2v) is 6.08. The molecule has 5 heteroatoms. The molecule has 0 heterocycles. The maximum absolute atomic E-state index is 10.2. The summed E-state index contributed by atoms with van der Waals surface area (Å²) in [5.74, 6) is 0. The topological polar surface area (TPSA) is 102 Å². The predicted octanol–water partition coefficient (Wildman–Crippen LogP) is -0.0204. The average molecular weight is 248 g/mol. The lowest BCUT2D eigenvalue weighted by Gasteiger charge is -2.48. The average Bonchev–Trinajstić information content (AvgIpc) is 2.15. The molecular formula is C12H28N2O3. The van der Waals surface area contributed by atoms with Gasteiger partial charge in [0.25, 0.3) is 0 Å². The Morgan fingerprint density at radius 1 is 0.765 bits per heavy atom. The number of ether oxygens (including phenoxy) is 1. The maximum Gasteiger partial charge on any atom is 0.102 e. The molecule has 0 saturated heterocycles. The summed E-state index contributed by atoms with van der Waals surface area (Å²) in [5, 5.41) is 20.4. The highest BCUT2D eigenvalue weighted by molar-refractivity contribution is 4.99. The molecule has 0 aromatic rings. The molecule has 5 nitrogen and oxygen atoms in total. The van der Waals surface area contributed by atoms with Gasteiger partial charge in [-0.05, 0) is 41.5 Å². The third-order valence-electron chi connectivity index (χ3n) is 3.90. The summed E-state index contributed by atoms with van der Waals surface area (Å²) in [6.07, 6.45) is 0. The molecule has 6 N–H and O–H groups in total. The van der Waals surface area contributed by atoms with Crippen LogP contribution in [-0.2, 0) is 4.74 Å². The van der Waals surface area contributed by atoms with E-state index in [0.717, 1.165) is 0 Å². The van der Waals surface area contributed by atoms with Gasteiger partial charge >= 0.3 is 0 Å². The van der Waals surface area contributed by atoms with Crippen molar-refractivity contribution < 1.29 is 14.9 Å². The van der Waals surface area contributed by atoms with Crippen LogP contribution in [0.15, 0.2) is 0 Å². The van der Waals surface area contributed by atoms with Gasteiger partial charge in [-0.3, -0.25) is 0 Å². The molecule has 0 aliphatic carbocycles. The molecule has 0 fully saturated rings.